The van der Waals surface area contributed by atoms with Crippen LogP contribution in [0.25, 0.3) is 0 Å². The standard InChI is InChI=1S/C54H57N3O13/c1-65-32-33-69-53(64)56-42-27-22-35(16-15-21-40(49(60)66-2)50(61)67-3)34-41(42)54(52(56)63)43(48(59)55-28-13-5-4-6-14-29-55)45-51(62)70-46(37-19-11-8-12-20-37)44(36-17-9-7-10-18-36)57(45)47(54)38-23-25-39(26-24-38)68-31-30-58/h7-12,17-20,22-27,34,40,43-47,58H,4-6,13-14,21,28-33H2,1-3H3. The van der Waals surface area contributed by atoms with Gasteiger partial charge in [0.1, 0.15) is 36.5 Å². The summed E-state index contributed by atoms with van der Waals surface area (Å²) < 4.78 is 33.0. The number of anilines is 1. The van der Waals surface area contributed by atoms with Gasteiger partial charge in [-0.15, -0.1) is 0 Å². The molecule has 1 N–H and O–H groups in total. The fourth-order valence-corrected chi connectivity index (χ4v) is 10.6. The number of likely N-dealkylation sites (tertiary alicyclic amines) is 1. The van der Waals surface area contributed by atoms with E-state index in [0.717, 1.165) is 43.9 Å². The van der Waals surface area contributed by atoms with E-state index in [2.05, 4.69) is 11.8 Å². The van der Waals surface area contributed by atoms with Crippen LogP contribution < -0.4 is 9.64 Å². The molecule has 0 saturated carbocycles. The summed E-state index contributed by atoms with van der Waals surface area (Å²) in [5, 5.41) is 9.61. The van der Waals surface area contributed by atoms with Crippen molar-refractivity contribution < 1.29 is 62.3 Å². The molecule has 1 spiro atoms. The van der Waals surface area contributed by atoms with Crippen molar-refractivity contribution in [3.63, 3.8) is 0 Å². The summed E-state index contributed by atoms with van der Waals surface area (Å²) in [6.07, 6.45) is 1.95. The number of nitrogens with zero attached hydrogens (tertiary/aromatic N) is 3. The van der Waals surface area contributed by atoms with Crippen LogP contribution in [-0.4, -0.2) is 118 Å². The quantitative estimate of drug-likeness (QED) is 0.0540. The maximum Gasteiger partial charge on any atom is 0.421 e. The van der Waals surface area contributed by atoms with Crippen molar-refractivity contribution in [2.24, 2.45) is 11.8 Å². The molecule has 4 aromatic carbocycles. The molecule has 0 radical (unpaired) electrons. The molecule has 0 aromatic heterocycles. The number of fused-ring (bicyclic) bond motifs is 3. The number of aliphatic hydroxyl groups is 1. The lowest BCUT2D eigenvalue weighted by molar-refractivity contribution is -0.179. The van der Waals surface area contributed by atoms with Crippen LogP contribution in [0.2, 0.25) is 0 Å². The number of cyclic esters (lactones) is 1. The Bertz CT molecular complexity index is 2590. The Morgan fingerprint density at radius 2 is 1.40 bits per heavy atom. The van der Waals surface area contributed by atoms with Crippen molar-refractivity contribution in [3.05, 3.63) is 131 Å². The minimum absolute atomic E-state index is 0.0177. The second-order valence-electron chi connectivity index (χ2n) is 17.6. The Morgan fingerprint density at radius 3 is 2.03 bits per heavy atom. The highest BCUT2D eigenvalue weighted by Crippen LogP contribution is 2.66. The molecule has 4 aromatic rings. The van der Waals surface area contributed by atoms with Gasteiger partial charge in [0.25, 0.3) is 0 Å². The van der Waals surface area contributed by atoms with Crippen LogP contribution in [-0.2, 0) is 53.1 Å². The van der Waals surface area contributed by atoms with Gasteiger partial charge < -0.3 is 38.4 Å². The molecule has 0 bridgehead atoms. The monoisotopic (exact) mass is 955 g/mol. The fourth-order valence-electron chi connectivity index (χ4n) is 10.6. The topological polar surface area (TPSA) is 188 Å². The molecule has 3 amide bonds. The van der Waals surface area contributed by atoms with Gasteiger partial charge in [-0.25, -0.2) is 9.69 Å². The van der Waals surface area contributed by atoms with Crippen molar-refractivity contribution in [3.8, 4) is 17.6 Å². The smallest absolute Gasteiger partial charge is 0.421 e. The third kappa shape index (κ3) is 9.36. The average Bonchev–Trinajstić information content (AvgIpc) is 3.83. The summed E-state index contributed by atoms with van der Waals surface area (Å²) in [6, 6.07) is 27.1. The van der Waals surface area contributed by atoms with Crippen LogP contribution >= 0.6 is 0 Å². The van der Waals surface area contributed by atoms with Crippen LogP contribution in [0.4, 0.5) is 10.5 Å². The summed E-state index contributed by atoms with van der Waals surface area (Å²) in [6.45, 7) is 0.370. The molecule has 4 aliphatic heterocycles. The first kappa shape index (κ1) is 49.4. The van der Waals surface area contributed by atoms with E-state index >= 15 is 14.4 Å². The molecule has 6 unspecified atom stereocenters. The Balaban J connectivity index is 1.44. The van der Waals surface area contributed by atoms with Crippen molar-refractivity contribution >= 4 is 41.5 Å². The van der Waals surface area contributed by atoms with Gasteiger partial charge in [-0.3, -0.25) is 28.9 Å². The zero-order chi connectivity index (χ0) is 49.4. The molecule has 4 aliphatic rings. The number of ether oxygens (including phenoxy) is 6. The number of hydrogen-bond acceptors (Lipinski definition) is 14. The number of benzene rings is 4. The van der Waals surface area contributed by atoms with Crippen LogP contribution in [0.3, 0.4) is 0 Å². The minimum atomic E-state index is -2.07. The lowest BCUT2D eigenvalue weighted by atomic mass is 9.64. The summed E-state index contributed by atoms with van der Waals surface area (Å²) in [5.41, 5.74) is 0.516. The minimum Gasteiger partial charge on any atom is -0.491 e. The number of imide groups is 1. The van der Waals surface area contributed by atoms with E-state index in [0.29, 0.717) is 48.4 Å². The third-order valence-corrected chi connectivity index (χ3v) is 13.7. The second-order valence-corrected chi connectivity index (χ2v) is 17.6. The summed E-state index contributed by atoms with van der Waals surface area (Å²) >= 11 is 0. The largest absolute Gasteiger partial charge is 0.491 e. The molecule has 3 saturated heterocycles. The number of amides is 3. The van der Waals surface area contributed by atoms with Crippen molar-refractivity contribution in [1.29, 1.82) is 0 Å². The van der Waals surface area contributed by atoms with Crippen LogP contribution in [0.5, 0.6) is 5.75 Å². The molecule has 70 heavy (non-hydrogen) atoms. The zero-order valence-electron chi connectivity index (χ0n) is 39.5. The Labute approximate surface area is 406 Å². The normalized spacial score (nSPS) is 23.0. The molecule has 6 atom stereocenters. The Kier molecular flexibility index (Phi) is 15.6. The van der Waals surface area contributed by atoms with Crippen molar-refractivity contribution in [2.75, 3.05) is 65.7 Å². The molecule has 0 aliphatic carbocycles. The second kappa shape index (κ2) is 22.1. The van der Waals surface area contributed by atoms with Crippen molar-refractivity contribution in [1.82, 2.24) is 9.80 Å². The van der Waals surface area contributed by atoms with E-state index in [1.165, 1.54) is 7.11 Å². The van der Waals surface area contributed by atoms with Gasteiger partial charge in [-0.2, -0.15) is 0 Å². The number of aliphatic hydroxyl groups excluding tert-OH is 1. The zero-order valence-corrected chi connectivity index (χ0v) is 39.5. The highest BCUT2D eigenvalue weighted by Gasteiger charge is 2.76. The average molecular weight is 956 g/mol. The van der Waals surface area contributed by atoms with E-state index in [-0.39, 0.29) is 44.1 Å². The van der Waals surface area contributed by atoms with Gasteiger partial charge in [0.2, 0.25) is 11.8 Å². The lowest BCUT2D eigenvalue weighted by Gasteiger charge is -2.46. The number of rotatable bonds is 13. The molecule has 366 valence electrons. The van der Waals surface area contributed by atoms with E-state index < -0.39 is 77.3 Å². The number of methoxy groups -OCH3 is 3. The summed E-state index contributed by atoms with van der Waals surface area (Å²) in [7, 11) is 3.76. The van der Waals surface area contributed by atoms with Gasteiger partial charge in [-0.05, 0) is 65.4 Å². The fraction of sp³-hybridized carbons (Fsp3) is 0.407. The van der Waals surface area contributed by atoms with Crippen LogP contribution in [0.1, 0.15) is 84.5 Å². The van der Waals surface area contributed by atoms with Crippen LogP contribution in [0.15, 0.2) is 103 Å². The SMILES string of the molecule is COCCOC(=O)N1C(=O)C2(c3cc(C#CCC(C(=O)OC)C(=O)OC)ccc31)C(C(=O)N1CCCCCCC1)C1C(=O)OC(c3ccccc3)C(c3ccccc3)N1C2c1ccc(OCCO)cc1. The Hall–Kier alpha value is -7.06. The Morgan fingerprint density at radius 1 is 0.757 bits per heavy atom. The molecular weight excluding hydrogens is 899 g/mol. The highest BCUT2D eigenvalue weighted by atomic mass is 16.6. The van der Waals surface area contributed by atoms with Gasteiger partial charge in [0.05, 0.1) is 51.1 Å². The number of carbonyl (C=O) groups excluding carboxylic acids is 6. The van der Waals surface area contributed by atoms with Crippen LogP contribution in [0, 0.1) is 23.7 Å². The molecule has 3 fully saturated rings. The molecule has 16 heteroatoms. The molecule has 16 nitrogen and oxygen atoms in total. The van der Waals surface area contributed by atoms with Gasteiger partial charge in [-0.1, -0.05) is 104 Å². The maximum absolute atomic E-state index is 16.5. The predicted molar refractivity (Wildman–Crippen MR) is 253 cm³/mol. The third-order valence-electron chi connectivity index (χ3n) is 13.7. The molecular formula is C54H57N3O13. The van der Waals surface area contributed by atoms with E-state index in [9.17, 15) is 19.5 Å². The van der Waals surface area contributed by atoms with E-state index in [4.69, 9.17) is 28.4 Å². The first-order chi connectivity index (χ1) is 34.1. The first-order valence-corrected chi connectivity index (χ1v) is 23.6. The van der Waals surface area contributed by atoms with Crippen molar-refractivity contribution in [2.45, 2.75) is 68.2 Å². The van der Waals surface area contributed by atoms with Gasteiger partial charge in [0, 0.05) is 32.2 Å². The first-order valence-electron chi connectivity index (χ1n) is 23.6. The number of carbonyl (C=O) groups is 6. The summed E-state index contributed by atoms with van der Waals surface area (Å²) in [5.74, 6) is -0.106. The van der Waals surface area contributed by atoms with Gasteiger partial charge in [0.15, 0.2) is 5.92 Å². The lowest BCUT2D eigenvalue weighted by Crippen LogP contribution is -2.56. The van der Waals surface area contributed by atoms with E-state index in [1.54, 1.807) is 47.4 Å². The number of morpholine rings is 1. The van der Waals surface area contributed by atoms with E-state index in [1.807, 2.05) is 65.6 Å². The highest BCUT2D eigenvalue weighted by molar-refractivity contribution is 6.23. The molecule has 8 rings (SSSR count). The predicted octanol–water partition coefficient (Wildman–Crippen LogP) is 6.00. The number of hydrogen-bond donors (Lipinski definition) is 1. The maximum atomic E-state index is 16.5. The summed E-state index contributed by atoms with van der Waals surface area (Å²) in [4.78, 5) is 92.6. The van der Waals surface area contributed by atoms with Gasteiger partial charge >= 0.3 is 24.0 Å². The molecule has 4 heterocycles. The number of esters is 3.